The standard InChI is InChI=1S/C16H18N4O2.ClH/c1-4-19-14(17)12(16(21)22-5-2)9-11-13-8-6-7-10(3)20(13)18-15(11)19;/h6-9,17H,4-5H2,1-3H3;1H. The molecule has 1 N–H and O–H groups in total. The van der Waals surface area contributed by atoms with E-state index in [1.54, 1.807) is 17.6 Å². The number of nitrogens with zero attached hydrogens (tertiary/aromatic N) is 3. The van der Waals surface area contributed by atoms with Crippen LogP contribution in [-0.2, 0) is 11.3 Å². The van der Waals surface area contributed by atoms with Crippen LogP contribution in [0.25, 0.3) is 16.6 Å². The molecule has 7 heteroatoms. The van der Waals surface area contributed by atoms with E-state index in [1.165, 1.54) is 0 Å². The van der Waals surface area contributed by atoms with Crippen molar-refractivity contribution in [1.82, 2.24) is 14.2 Å². The second-order valence-electron chi connectivity index (χ2n) is 5.07. The number of nitrogens with one attached hydrogen (secondary N) is 1. The van der Waals surface area contributed by atoms with Crippen LogP contribution in [0.2, 0.25) is 0 Å². The summed E-state index contributed by atoms with van der Waals surface area (Å²) in [5, 5.41) is 13.7. The van der Waals surface area contributed by atoms with Gasteiger partial charge in [-0.1, -0.05) is 6.07 Å². The lowest BCUT2D eigenvalue weighted by Gasteiger charge is -2.08. The summed E-state index contributed by atoms with van der Waals surface area (Å²) in [6, 6.07) is 7.61. The molecule has 0 spiro atoms. The van der Waals surface area contributed by atoms with E-state index in [2.05, 4.69) is 5.10 Å². The van der Waals surface area contributed by atoms with Crippen molar-refractivity contribution in [3.63, 3.8) is 0 Å². The fourth-order valence-corrected chi connectivity index (χ4v) is 2.68. The molecule has 3 heterocycles. The molecule has 0 fully saturated rings. The summed E-state index contributed by atoms with van der Waals surface area (Å²) in [6.07, 6.45) is 0. The number of rotatable bonds is 3. The summed E-state index contributed by atoms with van der Waals surface area (Å²) in [5.41, 5.74) is 3.03. The van der Waals surface area contributed by atoms with Crippen LogP contribution in [0.4, 0.5) is 0 Å². The Hall–Kier alpha value is -2.34. The first kappa shape index (κ1) is 17.0. The van der Waals surface area contributed by atoms with Gasteiger partial charge in [0.25, 0.3) is 0 Å². The molecular formula is C16H19ClN4O2. The van der Waals surface area contributed by atoms with Crippen LogP contribution in [0.1, 0.15) is 29.9 Å². The maximum absolute atomic E-state index is 12.1. The summed E-state index contributed by atoms with van der Waals surface area (Å²) in [6.45, 7) is 6.51. The topological polar surface area (TPSA) is 72.4 Å². The number of hydrogen-bond acceptors (Lipinski definition) is 4. The van der Waals surface area contributed by atoms with Gasteiger partial charge in [-0.3, -0.25) is 5.41 Å². The normalized spacial score (nSPS) is 10.7. The van der Waals surface area contributed by atoms with Crippen molar-refractivity contribution in [2.45, 2.75) is 27.3 Å². The van der Waals surface area contributed by atoms with Crippen LogP contribution < -0.4 is 5.49 Å². The van der Waals surface area contributed by atoms with Crippen molar-refractivity contribution in [2.75, 3.05) is 6.61 Å². The smallest absolute Gasteiger partial charge is 0.341 e. The van der Waals surface area contributed by atoms with Gasteiger partial charge in [-0.25, -0.2) is 9.31 Å². The highest BCUT2D eigenvalue weighted by molar-refractivity contribution is 5.98. The molecular weight excluding hydrogens is 316 g/mol. The first-order valence-electron chi connectivity index (χ1n) is 7.32. The molecule has 6 nitrogen and oxygen atoms in total. The Balaban J connectivity index is 0.00000192. The van der Waals surface area contributed by atoms with Crippen molar-refractivity contribution in [3.8, 4) is 0 Å². The monoisotopic (exact) mass is 334 g/mol. The summed E-state index contributed by atoms with van der Waals surface area (Å²) in [4.78, 5) is 12.1. The third-order valence-electron chi connectivity index (χ3n) is 3.75. The van der Waals surface area contributed by atoms with E-state index in [0.29, 0.717) is 12.2 Å². The minimum absolute atomic E-state index is 0. The number of ether oxygens (including phenoxy) is 1. The van der Waals surface area contributed by atoms with Gasteiger partial charge in [0.05, 0.1) is 12.1 Å². The summed E-state index contributed by atoms with van der Waals surface area (Å²) in [7, 11) is 0. The number of carbonyl (C=O) groups excluding carboxylic acids is 1. The van der Waals surface area contributed by atoms with E-state index < -0.39 is 5.97 Å². The number of carbonyl (C=O) groups is 1. The van der Waals surface area contributed by atoms with Crippen molar-refractivity contribution in [3.05, 3.63) is 41.0 Å². The van der Waals surface area contributed by atoms with Gasteiger partial charge in [-0.15, -0.1) is 17.5 Å². The number of hydrogen-bond donors (Lipinski definition) is 1. The van der Waals surface area contributed by atoms with Crippen molar-refractivity contribution in [1.29, 1.82) is 5.41 Å². The lowest BCUT2D eigenvalue weighted by molar-refractivity contribution is 0.0523. The van der Waals surface area contributed by atoms with E-state index in [-0.39, 0.29) is 30.1 Å². The molecule has 0 unspecified atom stereocenters. The maximum atomic E-state index is 12.1. The number of aryl methyl sites for hydroxylation is 2. The molecule has 0 radical (unpaired) electrons. The van der Waals surface area contributed by atoms with Gasteiger partial charge < -0.3 is 9.30 Å². The summed E-state index contributed by atoms with van der Waals surface area (Å²) >= 11 is 0. The molecule has 0 aliphatic heterocycles. The van der Waals surface area contributed by atoms with Crippen LogP contribution in [0.3, 0.4) is 0 Å². The van der Waals surface area contributed by atoms with Crippen LogP contribution in [-0.4, -0.2) is 26.8 Å². The van der Waals surface area contributed by atoms with Gasteiger partial charge >= 0.3 is 5.97 Å². The van der Waals surface area contributed by atoms with Crippen LogP contribution in [0.15, 0.2) is 24.3 Å². The highest BCUT2D eigenvalue weighted by atomic mass is 35.5. The Morgan fingerprint density at radius 3 is 2.74 bits per heavy atom. The average Bonchev–Trinajstić information content (AvgIpc) is 2.86. The van der Waals surface area contributed by atoms with Crippen molar-refractivity contribution < 1.29 is 9.53 Å². The predicted octanol–water partition coefficient (Wildman–Crippen LogP) is 2.70. The molecule has 23 heavy (non-hydrogen) atoms. The molecule has 0 saturated carbocycles. The predicted molar refractivity (Wildman–Crippen MR) is 90.2 cm³/mol. The molecule has 3 rings (SSSR count). The van der Waals surface area contributed by atoms with E-state index >= 15 is 0 Å². The molecule has 3 aromatic rings. The lowest BCUT2D eigenvalue weighted by atomic mass is 10.2. The molecule has 0 atom stereocenters. The number of fused-ring (bicyclic) bond motifs is 3. The first-order chi connectivity index (χ1) is 10.6. The molecule has 3 aromatic heterocycles. The highest BCUT2D eigenvalue weighted by Gasteiger charge is 2.17. The lowest BCUT2D eigenvalue weighted by Crippen LogP contribution is -2.27. The third kappa shape index (κ3) is 2.59. The highest BCUT2D eigenvalue weighted by Crippen LogP contribution is 2.21. The Morgan fingerprint density at radius 1 is 1.35 bits per heavy atom. The molecule has 0 aliphatic rings. The number of halogens is 1. The number of esters is 1. The summed E-state index contributed by atoms with van der Waals surface area (Å²) in [5.74, 6) is -0.469. The third-order valence-corrected chi connectivity index (χ3v) is 3.75. The molecule has 0 aliphatic carbocycles. The number of pyridine rings is 2. The molecule has 0 saturated heterocycles. The maximum Gasteiger partial charge on any atom is 0.341 e. The Labute approximate surface area is 139 Å². The van der Waals surface area contributed by atoms with Crippen LogP contribution >= 0.6 is 12.4 Å². The zero-order valence-electron chi connectivity index (χ0n) is 13.3. The van der Waals surface area contributed by atoms with Gasteiger partial charge in [-0.2, -0.15) is 0 Å². The first-order valence-corrected chi connectivity index (χ1v) is 7.32. The molecule has 122 valence electrons. The van der Waals surface area contributed by atoms with Crippen molar-refractivity contribution >= 4 is 34.9 Å². The Kier molecular flexibility index (Phi) is 4.75. The minimum Gasteiger partial charge on any atom is -0.462 e. The van der Waals surface area contributed by atoms with Gasteiger partial charge in [0.2, 0.25) is 0 Å². The fraction of sp³-hybridized carbons (Fsp3) is 0.312. The van der Waals surface area contributed by atoms with E-state index in [9.17, 15) is 4.79 Å². The van der Waals surface area contributed by atoms with Gasteiger partial charge in [0, 0.05) is 17.6 Å². The second-order valence-corrected chi connectivity index (χ2v) is 5.07. The quantitative estimate of drug-likeness (QED) is 0.748. The minimum atomic E-state index is -0.469. The fourth-order valence-electron chi connectivity index (χ4n) is 2.68. The van der Waals surface area contributed by atoms with Gasteiger partial charge in [0.15, 0.2) is 5.65 Å². The van der Waals surface area contributed by atoms with Crippen LogP contribution in [0, 0.1) is 12.3 Å². The van der Waals surface area contributed by atoms with Gasteiger partial charge in [0.1, 0.15) is 11.1 Å². The molecule has 0 amide bonds. The van der Waals surface area contributed by atoms with Crippen LogP contribution in [0.5, 0.6) is 0 Å². The number of aromatic nitrogens is 3. The zero-order valence-corrected chi connectivity index (χ0v) is 14.1. The largest absolute Gasteiger partial charge is 0.462 e. The Bertz CT molecular complexity index is 943. The SMILES string of the molecule is CCOC(=O)c1cc2c(nn3c(C)cccc23)n(CC)c1=N.Cl. The van der Waals surface area contributed by atoms with E-state index in [1.807, 2.05) is 36.6 Å². The molecule has 0 aromatic carbocycles. The Morgan fingerprint density at radius 2 is 2.09 bits per heavy atom. The average molecular weight is 335 g/mol. The van der Waals surface area contributed by atoms with Gasteiger partial charge in [-0.05, 0) is 39.0 Å². The van der Waals surface area contributed by atoms with E-state index in [0.717, 1.165) is 16.6 Å². The zero-order chi connectivity index (χ0) is 15.9. The summed E-state index contributed by atoms with van der Waals surface area (Å²) < 4.78 is 8.64. The second kappa shape index (κ2) is 6.42. The van der Waals surface area contributed by atoms with Crippen molar-refractivity contribution in [2.24, 2.45) is 0 Å². The van der Waals surface area contributed by atoms with E-state index in [4.69, 9.17) is 10.1 Å². The molecule has 0 bridgehead atoms.